The van der Waals surface area contributed by atoms with E-state index in [1.54, 1.807) is 0 Å². The molecule has 4 N–H and O–H groups in total. The molecule has 0 radical (unpaired) electrons. The summed E-state index contributed by atoms with van der Waals surface area (Å²) in [6, 6.07) is 0. The minimum Gasteiger partial charge on any atom is -0.462 e. The predicted octanol–water partition coefficient (Wildman–Crippen LogP) is 3.35. The smallest absolute Gasteiger partial charge is 0.462 e. The van der Waals surface area contributed by atoms with E-state index in [1.165, 1.54) is 0 Å². The highest BCUT2D eigenvalue weighted by Crippen LogP contribution is 2.43. The Morgan fingerprint density at radius 1 is 0.935 bits per heavy atom. The highest BCUT2D eigenvalue weighted by atomic mass is 31.2. The van der Waals surface area contributed by atoms with E-state index in [0.717, 1.165) is 51.4 Å². The van der Waals surface area contributed by atoms with E-state index < -0.39 is 32.5 Å². The summed E-state index contributed by atoms with van der Waals surface area (Å²) < 4.78 is 32.0. The van der Waals surface area contributed by atoms with Crippen LogP contribution in [-0.4, -0.2) is 49.3 Å². The summed E-state index contributed by atoms with van der Waals surface area (Å²) in [6.45, 7) is 5.50. The summed E-state index contributed by atoms with van der Waals surface area (Å²) in [7, 11) is -4.29. The highest BCUT2D eigenvalue weighted by molar-refractivity contribution is 7.47. The molecule has 0 rings (SSSR count). The van der Waals surface area contributed by atoms with Gasteiger partial charge in [0, 0.05) is 12.8 Å². The fourth-order valence-corrected chi connectivity index (χ4v) is 3.48. The Hall–Kier alpha value is -0.990. The van der Waals surface area contributed by atoms with Gasteiger partial charge in [-0.2, -0.15) is 6.42 Å². The van der Waals surface area contributed by atoms with Crippen molar-refractivity contribution in [3.8, 4) is 0 Å². The summed E-state index contributed by atoms with van der Waals surface area (Å²) in [4.78, 5) is 33.7. The standard InChI is InChI=1S/C21H41NO8P/c1-3-5-7-9-11-13-20(23)27-17-19(18-29-31(25,26)28-16-15-22)30-21(24)14-12-10-8-6-4-2/h19H,1,3-18,22H2,2H3,(H,25,26)/q-1/p+1/t19-/m1/s1. The van der Waals surface area contributed by atoms with Gasteiger partial charge in [0.1, 0.15) is 13.2 Å². The van der Waals surface area contributed by atoms with E-state index in [0.29, 0.717) is 19.4 Å². The van der Waals surface area contributed by atoms with Crippen LogP contribution in [0.25, 0.3) is 0 Å². The molecule has 184 valence electrons. The number of phosphoric ester groups is 1. The molecule has 2 atom stereocenters. The number of unbranched alkanes of at least 4 members (excludes halogenated alkanes) is 8. The first-order valence-corrected chi connectivity index (χ1v) is 12.9. The monoisotopic (exact) mass is 467 g/mol. The Balaban J connectivity index is 4.49. The topological polar surface area (TPSA) is 136 Å². The highest BCUT2D eigenvalue weighted by Gasteiger charge is 2.26. The molecule has 0 bridgehead atoms. The number of ether oxygens (including phenoxy) is 2. The number of carbonyl (C=O) groups excluding carboxylic acids is 2. The zero-order valence-electron chi connectivity index (χ0n) is 19.1. The van der Waals surface area contributed by atoms with E-state index in [4.69, 9.17) is 18.5 Å². The second-order valence-corrected chi connectivity index (χ2v) is 8.88. The maximum absolute atomic E-state index is 12.1. The zero-order chi connectivity index (χ0) is 23.4. The van der Waals surface area contributed by atoms with Crippen LogP contribution in [0.15, 0.2) is 0 Å². The van der Waals surface area contributed by atoms with Crippen molar-refractivity contribution < 1.29 is 43.3 Å². The van der Waals surface area contributed by atoms with Crippen molar-refractivity contribution in [1.29, 1.82) is 0 Å². The Morgan fingerprint density at radius 2 is 1.55 bits per heavy atom. The van der Waals surface area contributed by atoms with Crippen LogP contribution < -0.4 is 5.73 Å². The molecule has 0 amide bonds. The first-order valence-electron chi connectivity index (χ1n) is 11.4. The number of hydrogen-bond acceptors (Lipinski definition) is 7. The Morgan fingerprint density at radius 3 is 2.16 bits per heavy atom. The van der Waals surface area contributed by atoms with Crippen molar-refractivity contribution in [2.24, 2.45) is 0 Å². The minimum absolute atomic E-state index is 0.0426. The molecule has 0 heterocycles. The lowest BCUT2D eigenvalue weighted by Crippen LogP contribution is -2.52. The molecule has 10 heteroatoms. The Labute approximate surface area is 186 Å². The van der Waals surface area contributed by atoms with Crippen LogP contribution in [-0.2, 0) is 32.7 Å². The number of rotatable bonds is 21. The first-order chi connectivity index (χ1) is 14.8. The van der Waals surface area contributed by atoms with E-state index in [9.17, 15) is 19.0 Å². The van der Waals surface area contributed by atoms with E-state index in [2.05, 4.69) is 19.6 Å². The molecule has 0 aliphatic carbocycles. The average molecular weight is 468 g/mol. The number of hydrogen-bond donors (Lipinski definition) is 2. The summed E-state index contributed by atoms with van der Waals surface area (Å²) in [5, 5.41) is 0. The second-order valence-electron chi connectivity index (χ2n) is 7.43. The molecule has 0 aromatic rings. The van der Waals surface area contributed by atoms with Gasteiger partial charge in [0.15, 0.2) is 6.10 Å². The third-order valence-corrected chi connectivity index (χ3v) is 5.40. The van der Waals surface area contributed by atoms with Gasteiger partial charge in [-0.05, 0) is 12.8 Å². The molecule has 0 fully saturated rings. The van der Waals surface area contributed by atoms with Gasteiger partial charge >= 0.3 is 19.8 Å². The maximum atomic E-state index is 12.1. The molecular weight excluding hydrogens is 425 g/mol. The van der Waals surface area contributed by atoms with Gasteiger partial charge in [-0.1, -0.05) is 51.9 Å². The summed E-state index contributed by atoms with van der Waals surface area (Å²) in [5.74, 6) is -0.864. The molecule has 0 spiro atoms. The van der Waals surface area contributed by atoms with Gasteiger partial charge in [-0.3, -0.25) is 18.6 Å². The molecule has 1 unspecified atom stereocenters. The average Bonchev–Trinajstić information content (AvgIpc) is 2.74. The first kappa shape index (κ1) is 30.0. The molecule has 0 aromatic carbocycles. The van der Waals surface area contributed by atoms with Crippen LogP contribution in [0.1, 0.15) is 84.0 Å². The van der Waals surface area contributed by atoms with Gasteiger partial charge in [0.05, 0.1) is 13.2 Å². The lowest BCUT2D eigenvalue weighted by atomic mass is 10.1. The van der Waals surface area contributed by atoms with Crippen molar-refractivity contribution in [2.75, 3.05) is 26.4 Å². The number of quaternary nitrogens is 1. The zero-order valence-corrected chi connectivity index (χ0v) is 20.0. The molecular formula is C21H42NO8P. The third kappa shape index (κ3) is 19.4. The van der Waals surface area contributed by atoms with Crippen LogP contribution in [0.2, 0.25) is 0 Å². The van der Waals surface area contributed by atoms with Crippen LogP contribution in [0.4, 0.5) is 0 Å². The molecule has 0 saturated heterocycles. The normalized spacial score (nSPS) is 14.1. The van der Waals surface area contributed by atoms with Crippen LogP contribution in [0.3, 0.4) is 0 Å². The lowest BCUT2D eigenvalue weighted by molar-refractivity contribution is -0.371. The summed E-state index contributed by atoms with van der Waals surface area (Å²) in [6.07, 6.45) is 8.98. The van der Waals surface area contributed by atoms with E-state index in [1.807, 2.05) is 0 Å². The van der Waals surface area contributed by atoms with Gasteiger partial charge in [0.25, 0.3) is 0 Å². The molecule has 0 aliphatic heterocycles. The molecule has 0 aromatic heterocycles. The van der Waals surface area contributed by atoms with Crippen molar-refractivity contribution in [3.05, 3.63) is 6.92 Å². The van der Waals surface area contributed by atoms with Crippen LogP contribution in [0, 0.1) is 6.92 Å². The SMILES string of the molecule is [CH2-]CCCCCCC(=O)OC[C@H](COP(=O)(O)OCC[NH3+])OC(=O)CCCCCCC. The van der Waals surface area contributed by atoms with Crippen molar-refractivity contribution in [3.63, 3.8) is 0 Å². The van der Waals surface area contributed by atoms with Gasteiger partial charge in [-0.25, -0.2) is 4.57 Å². The van der Waals surface area contributed by atoms with Crippen molar-refractivity contribution in [2.45, 2.75) is 90.1 Å². The van der Waals surface area contributed by atoms with Crippen LogP contribution in [0.5, 0.6) is 0 Å². The van der Waals surface area contributed by atoms with Gasteiger partial charge in [0.2, 0.25) is 0 Å². The van der Waals surface area contributed by atoms with E-state index in [-0.39, 0.29) is 26.1 Å². The fourth-order valence-electron chi connectivity index (χ4n) is 2.69. The van der Waals surface area contributed by atoms with Gasteiger partial charge in [-0.15, -0.1) is 0 Å². The predicted molar refractivity (Wildman–Crippen MR) is 117 cm³/mol. The quantitative estimate of drug-likeness (QED) is 0.113. The minimum atomic E-state index is -4.29. The number of phosphoric acid groups is 1. The van der Waals surface area contributed by atoms with Crippen molar-refractivity contribution in [1.82, 2.24) is 0 Å². The number of carbonyl (C=O) groups is 2. The third-order valence-electron chi connectivity index (χ3n) is 4.42. The second kappa shape index (κ2) is 19.7. The van der Waals surface area contributed by atoms with Crippen molar-refractivity contribution >= 4 is 19.8 Å². The Bertz CT molecular complexity index is 518. The number of esters is 2. The summed E-state index contributed by atoms with van der Waals surface area (Å²) >= 11 is 0. The molecule has 31 heavy (non-hydrogen) atoms. The molecule has 9 nitrogen and oxygen atoms in total. The maximum Gasteiger partial charge on any atom is 0.472 e. The molecule has 0 aliphatic rings. The summed E-state index contributed by atoms with van der Waals surface area (Å²) in [5.41, 5.74) is 3.52. The fraction of sp³-hybridized carbons (Fsp3) is 0.857. The van der Waals surface area contributed by atoms with Crippen LogP contribution >= 0.6 is 7.82 Å². The van der Waals surface area contributed by atoms with E-state index >= 15 is 0 Å². The Kier molecular flexibility index (Phi) is 19.0. The largest absolute Gasteiger partial charge is 0.472 e. The van der Waals surface area contributed by atoms with Gasteiger partial charge < -0.3 is 27.0 Å². The molecule has 0 saturated carbocycles. The lowest BCUT2D eigenvalue weighted by Gasteiger charge is -2.19.